The normalized spacial score (nSPS) is 12.9. The number of carbonyl (C=O) groups is 1. The molecule has 0 aliphatic heterocycles. The van der Waals surface area contributed by atoms with Crippen LogP contribution < -0.4 is 5.32 Å². The molecule has 0 bridgehead atoms. The Morgan fingerprint density at radius 2 is 2.04 bits per heavy atom. The summed E-state index contributed by atoms with van der Waals surface area (Å²) in [5, 5.41) is 10.5. The first-order valence-corrected chi connectivity index (χ1v) is 7.47. The number of carbonyl (C=O) groups excluding carboxylic acids is 1. The number of amides is 1. The Balaban J connectivity index is 1.95. The zero-order valence-corrected chi connectivity index (χ0v) is 13.7. The molecule has 1 N–H and O–H groups in total. The summed E-state index contributed by atoms with van der Waals surface area (Å²) >= 11 is 0. The minimum absolute atomic E-state index is 0.0954. The van der Waals surface area contributed by atoms with E-state index in [4.69, 9.17) is 0 Å². The SMILES string of the molecule is Cc1nnc(CNC(=O)CC(C)c2cccc(C(F)(F)F)c2)n1C. The summed E-state index contributed by atoms with van der Waals surface area (Å²) in [6, 6.07) is 5.06. The van der Waals surface area contributed by atoms with E-state index >= 15 is 0 Å². The lowest BCUT2D eigenvalue weighted by atomic mass is 9.95. The molecule has 2 rings (SSSR count). The van der Waals surface area contributed by atoms with Crippen LogP contribution >= 0.6 is 0 Å². The van der Waals surface area contributed by atoms with Crippen molar-refractivity contribution < 1.29 is 18.0 Å². The van der Waals surface area contributed by atoms with Gasteiger partial charge < -0.3 is 9.88 Å². The summed E-state index contributed by atoms with van der Waals surface area (Å²) in [5.41, 5.74) is -0.226. The third-order valence-corrected chi connectivity index (χ3v) is 3.90. The third-order valence-electron chi connectivity index (χ3n) is 3.90. The minimum Gasteiger partial charge on any atom is -0.349 e. The quantitative estimate of drug-likeness (QED) is 0.910. The van der Waals surface area contributed by atoms with Gasteiger partial charge in [0.15, 0.2) is 5.82 Å². The lowest BCUT2D eigenvalue weighted by molar-refractivity contribution is -0.137. The maximum Gasteiger partial charge on any atom is 0.416 e. The average molecular weight is 340 g/mol. The molecule has 0 aliphatic rings. The Morgan fingerprint density at radius 1 is 1.33 bits per heavy atom. The van der Waals surface area contributed by atoms with Crippen molar-refractivity contribution in [3.8, 4) is 0 Å². The Kier molecular flexibility index (Phi) is 5.26. The van der Waals surface area contributed by atoms with Crippen LogP contribution in [0.2, 0.25) is 0 Å². The molecule has 0 saturated carbocycles. The third kappa shape index (κ3) is 4.33. The topological polar surface area (TPSA) is 59.8 Å². The monoisotopic (exact) mass is 340 g/mol. The summed E-state index contributed by atoms with van der Waals surface area (Å²) in [4.78, 5) is 12.0. The highest BCUT2D eigenvalue weighted by Gasteiger charge is 2.30. The predicted octanol–water partition coefficient (Wildman–Crippen LogP) is 2.95. The Hall–Kier alpha value is -2.38. The van der Waals surface area contributed by atoms with Crippen molar-refractivity contribution in [2.75, 3.05) is 0 Å². The summed E-state index contributed by atoms with van der Waals surface area (Å²) in [6.07, 6.45) is -4.29. The van der Waals surface area contributed by atoms with E-state index in [0.717, 1.165) is 18.0 Å². The van der Waals surface area contributed by atoms with E-state index in [0.29, 0.717) is 11.4 Å². The van der Waals surface area contributed by atoms with E-state index in [1.807, 2.05) is 0 Å². The molecule has 8 heteroatoms. The molecule has 0 fully saturated rings. The van der Waals surface area contributed by atoms with Gasteiger partial charge in [0.05, 0.1) is 12.1 Å². The molecular weight excluding hydrogens is 321 g/mol. The van der Waals surface area contributed by atoms with E-state index in [9.17, 15) is 18.0 Å². The molecule has 130 valence electrons. The summed E-state index contributed by atoms with van der Waals surface area (Å²) in [6.45, 7) is 3.75. The fourth-order valence-electron chi connectivity index (χ4n) is 2.27. The van der Waals surface area contributed by atoms with Gasteiger partial charge in [-0.05, 0) is 24.5 Å². The highest BCUT2D eigenvalue weighted by Crippen LogP contribution is 2.31. The molecule has 0 radical (unpaired) electrons. The van der Waals surface area contributed by atoms with E-state index in [-0.39, 0.29) is 24.8 Å². The van der Waals surface area contributed by atoms with Crippen LogP contribution in [0, 0.1) is 6.92 Å². The number of hydrogen-bond acceptors (Lipinski definition) is 3. The summed E-state index contributed by atoms with van der Waals surface area (Å²) < 4.78 is 40.0. The molecule has 0 saturated heterocycles. The second-order valence-electron chi connectivity index (χ2n) is 5.73. The largest absolute Gasteiger partial charge is 0.416 e. The van der Waals surface area contributed by atoms with Gasteiger partial charge >= 0.3 is 6.18 Å². The lowest BCUT2D eigenvalue weighted by Crippen LogP contribution is -2.25. The standard InChI is InChI=1S/C16H19F3N4O/c1-10(12-5-4-6-13(8-12)16(17,18)19)7-15(24)20-9-14-22-21-11(2)23(14)3/h4-6,8,10H,7,9H2,1-3H3,(H,20,24). The van der Waals surface area contributed by atoms with Gasteiger partial charge in [-0.1, -0.05) is 25.1 Å². The Morgan fingerprint density at radius 3 is 2.62 bits per heavy atom. The van der Waals surface area contributed by atoms with Crippen LogP contribution in [0.15, 0.2) is 24.3 Å². The van der Waals surface area contributed by atoms with E-state index < -0.39 is 11.7 Å². The van der Waals surface area contributed by atoms with Gasteiger partial charge in [-0.2, -0.15) is 13.2 Å². The first-order valence-electron chi connectivity index (χ1n) is 7.47. The van der Waals surface area contributed by atoms with Crippen LogP contribution in [0.3, 0.4) is 0 Å². The van der Waals surface area contributed by atoms with Crippen molar-refractivity contribution in [1.82, 2.24) is 20.1 Å². The molecule has 24 heavy (non-hydrogen) atoms. The maximum absolute atomic E-state index is 12.7. The molecule has 1 atom stereocenters. The van der Waals surface area contributed by atoms with Crippen LogP contribution in [0.1, 0.15) is 42.0 Å². The summed E-state index contributed by atoms with van der Waals surface area (Å²) in [5.74, 6) is 0.776. The smallest absolute Gasteiger partial charge is 0.349 e. The molecule has 0 aliphatic carbocycles. The van der Waals surface area contributed by atoms with Crippen molar-refractivity contribution in [3.63, 3.8) is 0 Å². The second-order valence-corrected chi connectivity index (χ2v) is 5.73. The first kappa shape index (κ1) is 18.0. The van der Waals surface area contributed by atoms with Crippen molar-refractivity contribution in [3.05, 3.63) is 47.0 Å². The highest BCUT2D eigenvalue weighted by atomic mass is 19.4. The number of benzene rings is 1. The van der Waals surface area contributed by atoms with Crippen LogP contribution in [0.25, 0.3) is 0 Å². The highest BCUT2D eigenvalue weighted by molar-refractivity contribution is 5.76. The fraction of sp³-hybridized carbons (Fsp3) is 0.438. The molecule has 1 heterocycles. The second kappa shape index (κ2) is 7.02. The number of hydrogen-bond donors (Lipinski definition) is 1. The number of aromatic nitrogens is 3. The van der Waals surface area contributed by atoms with Gasteiger partial charge in [0.25, 0.3) is 0 Å². The molecule has 1 unspecified atom stereocenters. The van der Waals surface area contributed by atoms with Crippen LogP contribution in [0.5, 0.6) is 0 Å². The van der Waals surface area contributed by atoms with E-state index in [2.05, 4.69) is 15.5 Å². The van der Waals surface area contributed by atoms with Gasteiger partial charge in [0.1, 0.15) is 5.82 Å². The van der Waals surface area contributed by atoms with Gasteiger partial charge in [-0.3, -0.25) is 4.79 Å². The number of nitrogens with one attached hydrogen (secondary N) is 1. The number of aryl methyl sites for hydroxylation is 1. The van der Waals surface area contributed by atoms with E-state index in [1.165, 1.54) is 6.07 Å². The Labute approximate surface area is 137 Å². The number of alkyl halides is 3. The van der Waals surface area contributed by atoms with E-state index in [1.54, 1.807) is 31.5 Å². The predicted molar refractivity (Wildman–Crippen MR) is 82.1 cm³/mol. The number of nitrogens with zero attached hydrogens (tertiary/aromatic N) is 3. The van der Waals surface area contributed by atoms with Gasteiger partial charge in [-0.15, -0.1) is 10.2 Å². The lowest BCUT2D eigenvalue weighted by Gasteiger charge is -2.14. The number of halogens is 3. The Bertz CT molecular complexity index is 724. The minimum atomic E-state index is -4.39. The van der Waals surface area contributed by atoms with Crippen molar-refractivity contribution in [2.24, 2.45) is 7.05 Å². The fourth-order valence-corrected chi connectivity index (χ4v) is 2.27. The molecule has 1 amide bonds. The van der Waals surface area contributed by atoms with Crippen LogP contribution in [-0.2, 0) is 24.6 Å². The zero-order chi connectivity index (χ0) is 17.9. The van der Waals surface area contributed by atoms with Gasteiger partial charge in [0, 0.05) is 13.5 Å². The van der Waals surface area contributed by atoms with Crippen LogP contribution in [0.4, 0.5) is 13.2 Å². The molecule has 0 spiro atoms. The number of rotatable bonds is 5. The van der Waals surface area contributed by atoms with Crippen molar-refractivity contribution in [1.29, 1.82) is 0 Å². The summed E-state index contributed by atoms with van der Waals surface area (Å²) in [7, 11) is 1.79. The van der Waals surface area contributed by atoms with Gasteiger partial charge in [-0.25, -0.2) is 0 Å². The molecule has 1 aromatic heterocycles. The molecular formula is C16H19F3N4O. The molecule has 1 aromatic carbocycles. The average Bonchev–Trinajstić information content (AvgIpc) is 2.84. The molecule has 5 nitrogen and oxygen atoms in total. The van der Waals surface area contributed by atoms with Gasteiger partial charge in [0.2, 0.25) is 5.91 Å². The van der Waals surface area contributed by atoms with Crippen LogP contribution in [-0.4, -0.2) is 20.7 Å². The first-order chi connectivity index (χ1) is 11.2. The zero-order valence-electron chi connectivity index (χ0n) is 13.7. The van der Waals surface area contributed by atoms with Crippen molar-refractivity contribution >= 4 is 5.91 Å². The van der Waals surface area contributed by atoms with Crippen molar-refractivity contribution in [2.45, 2.75) is 38.9 Å². The molecule has 2 aromatic rings. The maximum atomic E-state index is 12.7.